The lowest BCUT2D eigenvalue weighted by molar-refractivity contribution is 0.0912. The molecule has 0 radical (unpaired) electrons. The number of H-pyrrole nitrogens is 1. The molecule has 4 aromatic heterocycles. The van der Waals surface area contributed by atoms with Crippen LogP contribution in [0.2, 0.25) is 0 Å². The van der Waals surface area contributed by atoms with Gasteiger partial charge in [-0.05, 0) is 69.1 Å². The number of hydrogen-bond donors (Lipinski definition) is 3. The Morgan fingerprint density at radius 3 is 2.58 bits per heavy atom. The van der Waals surface area contributed by atoms with Gasteiger partial charge >= 0.3 is 0 Å². The van der Waals surface area contributed by atoms with Crippen LogP contribution < -0.4 is 11.1 Å². The molecule has 0 aromatic carbocycles. The summed E-state index contributed by atoms with van der Waals surface area (Å²) in [7, 11) is 0. The molecule has 4 N–H and O–H groups in total. The molecule has 0 amide bonds. The average Bonchev–Trinajstić information content (AvgIpc) is 3.73. The summed E-state index contributed by atoms with van der Waals surface area (Å²) in [5.74, 6) is -0.853. The van der Waals surface area contributed by atoms with Gasteiger partial charge in [-0.3, -0.25) is 4.98 Å². The maximum atomic E-state index is 14.1. The second kappa shape index (κ2) is 7.65. The third-order valence-electron chi connectivity index (χ3n) is 8.39. The highest BCUT2D eigenvalue weighted by Gasteiger charge is 2.69. The number of pyridine rings is 2. The predicted octanol–water partition coefficient (Wildman–Crippen LogP) is 5.42. The van der Waals surface area contributed by atoms with Crippen molar-refractivity contribution in [1.82, 2.24) is 24.9 Å². The van der Waals surface area contributed by atoms with Gasteiger partial charge < -0.3 is 16.0 Å². The molecule has 1 unspecified atom stereocenters. The standard InChI is InChI=1S/C27H29F2N7/c1-26(13-27(26,28)29)21-10-18-17(8-9-32-23(18)35-21)24-34-20-12-31-11-19(14-2-3-14)22(20)25(36-24)33-16-6-4-15(30)5-7-16/h8-12,14-16H,2-7,13,30H2,1H3,(H,32,35)(H,33,34,36)/t15-,16-,26?. The summed E-state index contributed by atoms with van der Waals surface area (Å²) in [5.41, 5.74) is 8.77. The predicted molar refractivity (Wildman–Crippen MR) is 135 cm³/mol. The number of aromatic nitrogens is 5. The van der Waals surface area contributed by atoms with Crippen molar-refractivity contribution in [3.05, 3.63) is 42.0 Å². The van der Waals surface area contributed by atoms with Crippen molar-refractivity contribution in [2.75, 3.05) is 5.32 Å². The molecule has 0 aliphatic heterocycles. The fourth-order valence-corrected chi connectivity index (χ4v) is 5.71. The number of anilines is 1. The summed E-state index contributed by atoms with van der Waals surface area (Å²) in [5, 5.41) is 5.50. The van der Waals surface area contributed by atoms with Gasteiger partial charge in [-0.25, -0.2) is 23.7 Å². The van der Waals surface area contributed by atoms with Crippen LogP contribution in [-0.2, 0) is 5.41 Å². The second-order valence-corrected chi connectivity index (χ2v) is 11.1. The van der Waals surface area contributed by atoms with Crippen LogP contribution in [0.5, 0.6) is 0 Å². The van der Waals surface area contributed by atoms with Gasteiger partial charge in [0.25, 0.3) is 5.92 Å². The van der Waals surface area contributed by atoms with E-state index in [-0.39, 0.29) is 12.5 Å². The van der Waals surface area contributed by atoms with Gasteiger partial charge in [-0.2, -0.15) is 0 Å². The molecule has 186 valence electrons. The lowest BCUT2D eigenvalue weighted by Gasteiger charge is -2.28. The van der Waals surface area contributed by atoms with Gasteiger partial charge in [-0.1, -0.05) is 0 Å². The van der Waals surface area contributed by atoms with Gasteiger partial charge in [0.15, 0.2) is 5.82 Å². The summed E-state index contributed by atoms with van der Waals surface area (Å²) in [6.07, 6.45) is 11.5. The van der Waals surface area contributed by atoms with Crippen LogP contribution in [0.4, 0.5) is 14.6 Å². The molecular weight excluding hydrogens is 460 g/mol. The molecule has 4 aromatic rings. The van der Waals surface area contributed by atoms with Crippen molar-refractivity contribution in [3.63, 3.8) is 0 Å². The van der Waals surface area contributed by atoms with E-state index in [1.54, 1.807) is 25.4 Å². The minimum atomic E-state index is -2.71. The third kappa shape index (κ3) is 3.47. The number of aromatic amines is 1. The van der Waals surface area contributed by atoms with E-state index in [4.69, 9.17) is 15.7 Å². The summed E-state index contributed by atoms with van der Waals surface area (Å²) >= 11 is 0. The van der Waals surface area contributed by atoms with E-state index in [1.165, 1.54) is 5.56 Å². The maximum absolute atomic E-state index is 14.1. The molecule has 36 heavy (non-hydrogen) atoms. The van der Waals surface area contributed by atoms with Crippen LogP contribution in [-0.4, -0.2) is 42.9 Å². The van der Waals surface area contributed by atoms with Gasteiger partial charge in [0.2, 0.25) is 0 Å². The Kier molecular flexibility index (Phi) is 4.68. The highest BCUT2D eigenvalue weighted by atomic mass is 19.3. The normalized spacial score (nSPS) is 27.4. The first kappa shape index (κ1) is 22.0. The van der Waals surface area contributed by atoms with Gasteiger partial charge in [-0.15, -0.1) is 0 Å². The summed E-state index contributed by atoms with van der Waals surface area (Å²) < 4.78 is 28.2. The molecule has 4 heterocycles. The molecule has 3 saturated carbocycles. The average molecular weight is 490 g/mol. The molecule has 9 heteroatoms. The molecule has 0 spiro atoms. The van der Waals surface area contributed by atoms with E-state index in [0.717, 1.165) is 66.2 Å². The van der Waals surface area contributed by atoms with Crippen molar-refractivity contribution in [3.8, 4) is 11.4 Å². The lowest BCUT2D eigenvalue weighted by Crippen LogP contribution is -2.33. The summed E-state index contributed by atoms with van der Waals surface area (Å²) in [4.78, 5) is 22.0. The van der Waals surface area contributed by atoms with Gasteiger partial charge in [0, 0.05) is 52.9 Å². The smallest absolute Gasteiger partial charge is 0.260 e. The number of fused-ring (bicyclic) bond motifs is 2. The first-order chi connectivity index (χ1) is 17.3. The zero-order valence-electron chi connectivity index (χ0n) is 20.2. The molecule has 0 bridgehead atoms. The number of nitrogens with zero attached hydrogens (tertiary/aromatic N) is 4. The van der Waals surface area contributed by atoms with Crippen LogP contribution in [0.15, 0.2) is 30.7 Å². The highest BCUT2D eigenvalue weighted by molar-refractivity contribution is 5.97. The van der Waals surface area contributed by atoms with E-state index < -0.39 is 11.3 Å². The van der Waals surface area contributed by atoms with E-state index in [1.807, 2.05) is 12.3 Å². The molecular formula is C27H29F2N7. The Balaban J connectivity index is 1.36. The van der Waals surface area contributed by atoms with Crippen molar-refractivity contribution in [2.24, 2.45) is 5.73 Å². The lowest BCUT2D eigenvalue weighted by atomic mass is 9.91. The Labute approximate surface area is 207 Å². The number of rotatable bonds is 5. The van der Waals surface area contributed by atoms with Crippen molar-refractivity contribution < 1.29 is 8.78 Å². The van der Waals surface area contributed by atoms with E-state index in [2.05, 4.69) is 20.3 Å². The second-order valence-electron chi connectivity index (χ2n) is 11.1. The van der Waals surface area contributed by atoms with Gasteiger partial charge in [0.1, 0.15) is 11.5 Å². The topological polar surface area (TPSA) is 105 Å². The molecule has 7 nitrogen and oxygen atoms in total. The summed E-state index contributed by atoms with van der Waals surface area (Å²) in [6.45, 7) is 1.59. The van der Waals surface area contributed by atoms with E-state index in [9.17, 15) is 8.78 Å². The van der Waals surface area contributed by atoms with Crippen LogP contribution in [0.25, 0.3) is 33.3 Å². The highest BCUT2D eigenvalue weighted by Crippen LogP contribution is 2.61. The van der Waals surface area contributed by atoms with Crippen LogP contribution in [0.3, 0.4) is 0 Å². The quantitative estimate of drug-likeness (QED) is 0.346. The third-order valence-corrected chi connectivity index (χ3v) is 8.39. The van der Waals surface area contributed by atoms with Crippen molar-refractivity contribution in [1.29, 1.82) is 0 Å². The number of hydrogen-bond acceptors (Lipinski definition) is 6. The summed E-state index contributed by atoms with van der Waals surface area (Å²) in [6, 6.07) is 4.21. The molecule has 3 aliphatic carbocycles. The number of halogens is 2. The first-order valence-corrected chi connectivity index (χ1v) is 12.9. The Morgan fingerprint density at radius 2 is 1.86 bits per heavy atom. The molecule has 0 saturated heterocycles. The van der Waals surface area contributed by atoms with Gasteiger partial charge in [0.05, 0.1) is 17.1 Å². The fourth-order valence-electron chi connectivity index (χ4n) is 5.71. The van der Waals surface area contributed by atoms with Crippen LogP contribution in [0, 0.1) is 0 Å². The maximum Gasteiger partial charge on any atom is 0.260 e. The Hall–Kier alpha value is -3.20. The number of nitrogens with two attached hydrogens (primary N) is 1. The monoisotopic (exact) mass is 489 g/mol. The molecule has 3 aliphatic rings. The Bertz CT molecular complexity index is 1490. The first-order valence-electron chi connectivity index (χ1n) is 12.9. The fraction of sp³-hybridized carbons (Fsp3) is 0.481. The number of nitrogens with one attached hydrogen (secondary N) is 2. The number of alkyl halides is 2. The van der Waals surface area contributed by atoms with E-state index in [0.29, 0.717) is 29.1 Å². The molecule has 1 atom stereocenters. The van der Waals surface area contributed by atoms with Crippen LogP contribution in [0.1, 0.15) is 69.0 Å². The zero-order valence-corrected chi connectivity index (χ0v) is 20.2. The van der Waals surface area contributed by atoms with Crippen LogP contribution >= 0.6 is 0 Å². The largest absolute Gasteiger partial charge is 0.367 e. The minimum Gasteiger partial charge on any atom is -0.367 e. The van der Waals surface area contributed by atoms with Crippen molar-refractivity contribution in [2.45, 2.75) is 81.2 Å². The van der Waals surface area contributed by atoms with Crippen molar-refractivity contribution >= 4 is 27.8 Å². The molecule has 3 fully saturated rings. The Morgan fingerprint density at radius 1 is 1.08 bits per heavy atom. The van der Waals surface area contributed by atoms with E-state index >= 15 is 0 Å². The zero-order chi connectivity index (χ0) is 24.7. The molecule has 7 rings (SSSR count). The SMILES string of the molecule is CC1(c2cc3c(-c4nc(N[C@H]5CC[C@H](N)CC5)c5c(C6CC6)cncc5n4)ccnc3[nH]2)CC1(F)F. The minimum absolute atomic E-state index is 0.163.